The molecule has 1 N–H and O–H groups in total. The molecule has 0 unspecified atom stereocenters. The fraction of sp³-hybridized carbons (Fsp3) is 0.105. The van der Waals surface area contributed by atoms with Gasteiger partial charge in [0.25, 0.3) is 5.91 Å². The number of carbonyl (C=O) groups is 1. The van der Waals surface area contributed by atoms with Crippen molar-refractivity contribution in [3.8, 4) is 11.8 Å². The van der Waals surface area contributed by atoms with Crippen LogP contribution in [0, 0.1) is 25.5 Å². The van der Waals surface area contributed by atoms with Crippen LogP contribution in [-0.2, 0) is 0 Å². The summed E-state index contributed by atoms with van der Waals surface area (Å²) in [6.07, 6.45) is 0. The zero-order valence-corrected chi connectivity index (χ0v) is 14.1. The van der Waals surface area contributed by atoms with Crippen molar-refractivity contribution in [1.29, 1.82) is 0 Å². The maximum atomic E-state index is 13.7. The summed E-state index contributed by atoms with van der Waals surface area (Å²) in [7, 11) is 0. The lowest BCUT2D eigenvalue weighted by Gasteiger charge is -2.09. The summed E-state index contributed by atoms with van der Waals surface area (Å²) in [5.41, 5.74) is 1.51. The maximum absolute atomic E-state index is 13.7. The first kappa shape index (κ1) is 17.5. The Kier molecular flexibility index (Phi) is 4.88. The van der Waals surface area contributed by atoms with Gasteiger partial charge < -0.3 is 10.1 Å². The molecule has 1 aromatic heterocycles. The number of anilines is 1. The summed E-state index contributed by atoms with van der Waals surface area (Å²) < 4.78 is 32.5. The van der Waals surface area contributed by atoms with E-state index in [1.807, 2.05) is 19.9 Å². The zero-order valence-electron chi connectivity index (χ0n) is 14.1. The summed E-state index contributed by atoms with van der Waals surface area (Å²) in [4.78, 5) is 20.5. The Morgan fingerprint density at radius 2 is 1.73 bits per heavy atom. The van der Waals surface area contributed by atoms with Crippen LogP contribution in [-0.4, -0.2) is 15.9 Å². The largest absolute Gasteiger partial charge is 0.424 e. The Balaban J connectivity index is 1.79. The number of aryl methyl sites for hydroxylation is 2. The summed E-state index contributed by atoms with van der Waals surface area (Å²) in [5.74, 6) is -1.87. The molecule has 0 atom stereocenters. The molecule has 5 nitrogen and oxygen atoms in total. The lowest BCUT2D eigenvalue weighted by molar-refractivity contribution is 0.102. The van der Waals surface area contributed by atoms with E-state index in [0.29, 0.717) is 11.4 Å². The first-order valence-electron chi connectivity index (χ1n) is 7.77. The van der Waals surface area contributed by atoms with Crippen LogP contribution in [0.15, 0.2) is 48.5 Å². The van der Waals surface area contributed by atoms with Crippen molar-refractivity contribution in [2.75, 3.05) is 5.32 Å². The maximum Gasteiger partial charge on any atom is 0.322 e. The quantitative estimate of drug-likeness (QED) is 0.753. The van der Waals surface area contributed by atoms with E-state index < -0.39 is 17.5 Å². The smallest absolute Gasteiger partial charge is 0.322 e. The molecular weight excluding hydrogens is 340 g/mol. The summed E-state index contributed by atoms with van der Waals surface area (Å²) >= 11 is 0. The molecule has 0 aliphatic rings. The van der Waals surface area contributed by atoms with Crippen LogP contribution in [0.1, 0.15) is 21.7 Å². The van der Waals surface area contributed by atoms with Crippen LogP contribution in [0.25, 0.3) is 0 Å². The molecule has 132 valence electrons. The monoisotopic (exact) mass is 355 g/mol. The van der Waals surface area contributed by atoms with E-state index in [0.717, 1.165) is 29.6 Å². The number of hydrogen-bond acceptors (Lipinski definition) is 4. The molecule has 1 amide bonds. The first-order chi connectivity index (χ1) is 12.4. The molecule has 7 heteroatoms. The molecule has 0 saturated carbocycles. The zero-order chi connectivity index (χ0) is 18.7. The van der Waals surface area contributed by atoms with Crippen LogP contribution in [0.4, 0.5) is 14.5 Å². The van der Waals surface area contributed by atoms with Crippen LogP contribution in [0.2, 0.25) is 0 Å². The van der Waals surface area contributed by atoms with Crippen molar-refractivity contribution < 1.29 is 18.3 Å². The fourth-order valence-corrected chi connectivity index (χ4v) is 2.35. The van der Waals surface area contributed by atoms with Crippen molar-refractivity contribution >= 4 is 11.6 Å². The SMILES string of the molecule is Cc1cc(C)nc(Oc2cccc(NC(=O)c3cc(F)ccc3F)c2)n1. The number of aromatic nitrogens is 2. The molecule has 0 radical (unpaired) electrons. The average molecular weight is 355 g/mol. The number of nitrogens with one attached hydrogen (secondary N) is 1. The molecule has 3 aromatic rings. The van der Waals surface area contributed by atoms with Gasteiger partial charge in [0.15, 0.2) is 0 Å². The highest BCUT2D eigenvalue weighted by atomic mass is 19.1. The van der Waals surface area contributed by atoms with Crippen LogP contribution < -0.4 is 10.1 Å². The second-order valence-electron chi connectivity index (χ2n) is 5.64. The average Bonchev–Trinajstić information content (AvgIpc) is 2.56. The third-order valence-electron chi connectivity index (χ3n) is 3.44. The highest BCUT2D eigenvalue weighted by Gasteiger charge is 2.13. The first-order valence-corrected chi connectivity index (χ1v) is 7.77. The number of nitrogens with zero attached hydrogens (tertiary/aromatic N) is 2. The minimum Gasteiger partial charge on any atom is -0.424 e. The van der Waals surface area contributed by atoms with Gasteiger partial charge in [0.05, 0.1) is 5.56 Å². The highest BCUT2D eigenvalue weighted by Crippen LogP contribution is 2.23. The number of rotatable bonds is 4. The predicted molar refractivity (Wildman–Crippen MR) is 92.3 cm³/mol. The van der Waals surface area contributed by atoms with E-state index in [1.165, 1.54) is 6.07 Å². The lowest BCUT2D eigenvalue weighted by Crippen LogP contribution is -2.14. The topological polar surface area (TPSA) is 64.1 Å². The molecule has 2 aromatic carbocycles. The highest BCUT2D eigenvalue weighted by molar-refractivity contribution is 6.04. The molecule has 1 heterocycles. The number of amides is 1. The van der Waals surface area contributed by atoms with E-state index >= 15 is 0 Å². The molecule has 0 aliphatic carbocycles. The molecular formula is C19H15F2N3O2. The van der Waals surface area contributed by atoms with E-state index in [4.69, 9.17) is 4.74 Å². The van der Waals surface area contributed by atoms with Crippen molar-refractivity contribution in [3.63, 3.8) is 0 Å². The third-order valence-corrected chi connectivity index (χ3v) is 3.44. The van der Waals surface area contributed by atoms with Gasteiger partial charge in [-0.05, 0) is 50.2 Å². The molecule has 0 spiro atoms. The van der Waals surface area contributed by atoms with Gasteiger partial charge >= 0.3 is 6.01 Å². The van der Waals surface area contributed by atoms with Crippen LogP contribution >= 0.6 is 0 Å². The Bertz CT molecular complexity index is 956. The standard InChI is InChI=1S/C19H15F2N3O2/c1-11-8-12(2)23-19(22-11)26-15-5-3-4-14(10-15)24-18(25)16-9-13(20)6-7-17(16)21/h3-10H,1-2H3,(H,24,25). The number of hydrogen-bond donors (Lipinski definition) is 1. The Morgan fingerprint density at radius 1 is 1.00 bits per heavy atom. The second kappa shape index (κ2) is 7.26. The van der Waals surface area contributed by atoms with E-state index in [1.54, 1.807) is 18.2 Å². The molecule has 3 rings (SSSR count). The number of carbonyl (C=O) groups excluding carboxylic acids is 1. The predicted octanol–water partition coefficient (Wildman–Crippen LogP) is 4.42. The van der Waals surface area contributed by atoms with E-state index in [2.05, 4.69) is 15.3 Å². The lowest BCUT2D eigenvalue weighted by atomic mass is 10.2. The Morgan fingerprint density at radius 3 is 2.46 bits per heavy atom. The van der Waals surface area contributed by atoms with E-state index in [9.17, 15) is 13.6 Å². The van der Waals surface area contributed by atoms with Crippen LogP contribution in [0.3, 0.4) is 0 Å². The minimum atomic E-state index is -0.806. The van der Waals surface area contributed by atoms with Crippen molar-refractivity contribution in [2.45, 2.75) is 13.8 Å². The normalized spacial score (nSPS) is 10.5. The van der Waals surface area contributed by atoms with Gasteiger partial charge in [0.2, 0.25) is 0 Å². The van der Waals surface area contributed by atoms with Gasteiger partial charge in [-0.3, -0.25) is 4.79 Å². The van der Waals surface area contributed by atoms with Gasteiger partial charge in [0, 0.05) is 23.1 Å². The fourth-order valence-electron chi connectivity index (χ4n) is 2.35. The molecule has 0 aliphatic heterocycles. The summed E-state index contributed by atoms with van der Waals surface area (Å²) in [6.45, 7) is 3.65. The minimum absolute atomic E-state index is 0.183. The molecule has 0 saturated heterocycles. The van der Waals surface area contributed by atoms with Gasteiger partial charge in [-0.2, -0.15) is 0 Å². The van der Waals surface area contributed by atoms with Crippen molar-refractivity contribution in [2.24, 2.45) is 0 Å². The number of benzene rings is 2. The molecule has 26 heavy (non-hydrogen) atoms. The third kappa shape index (κ3) is 4.18. The van der Waals surface area contributed by atoms with Gasteiger partial charge in [-0.25, -0.2) is 18.7 Å². The molecule has 0 bridgehead atoms. The number of halogens is 2. The van der Waals surface area contributed by atoms with Gasteiger partial charge in [0.1, 0.15) is 17.4 Å². The second-order valence-corrected chi connectivity index (χ2v) is 5.64. The Hall–Kier alpha value is -3.35. The van der Waals surface area contributed by atoms with Gasteiger partial charge in [-0.1, -0.05) is 6.07 Å². The van der Waals surface area contributed by atoms with Crippen LogP contribution in [0.5, 0.6) is 11.8 Å². The van der Waals surface area contributed by atoms with Crippen molar-refractivity contribution in [1.82, 2.24) is 9.97 Å². The van der Waals surface area contributed by atoms with E-state index in [-0.39, 0.29) is 11.6 Å². The van der Waals surface area contributed by atoms with Gasteiger partial charge in [-0.15, -0.1) is 0 Å². The number of ether oxygens (including phenoxy) is 1. The Labute approximate surface area is 148 Å². The van der Waals surface area contributed by atoms with Crippen molar-refractivity contribution in [3.05, 3.63) is 77.1 Å². The molecule has 0 fully saturated rings. The summed E-state index contributed by atoms with van der Waals surface area (Å²) in [5, 5.41) is 2.51. The summed E-state index contributed by atoms with van der Waals surface area (Å²) in [6, 6.07) is 11.1.